The number of aromatic nitrogens is 2. The molecule has 0 saturated carbocycles. The highest BCUT2D eigenvalue weighted by Gasteiger charge is 2.12. The van der Waals surface area contributed by atoms with Crippen molar-refractivity contribution in [3.63, 3.8) is 0 Å². The van der Waals surface area contributed by atoms with E-state index in [0.717, 1.165) is 0 Å². The zero-order chi connectivity index (χ0) is 14.5. The maximum absolute atomic E-state index is 13.6. The first-order chi connectivity index (χ1) is 9.60. The standard InChI is InChI=1S/C13H11ClFN3O2/c1-20-13-6-11(16-7-17-13)18-12(19)5-8-9(14)3-2-4-10(8)15/h2-4,6-7H,5H2,1H3,(H,16,17,18,19). The molecule has 0 unspecified atom stereocenters. The third-order valence-corrected chi connectivity index (χ3v) is 2.87. The lowest BCUT2D eigenvalue weighted by Crippen LogP contribution is -2.16. The molecule has 0 fully saturated rings. The van der Waals surface area contributed by atoms with Crippen LogP contribution in [0.1, 0.15) is 5.56 Å². The van der Waals surface area contributed by atoms with Crippen LogP contribution in [0.4, 0.5) is 10.2 Å². The number of nitrogens with one attached hydrogen (secondary N) is 1. The van der Waals surface area contributed by atoms with E-state index in [1.807, 2.05) is 0 Å². The molecule has 0 saturated heterocycles. The molecule has 0 radical (unpaired) electrons. The summed E-state index contributed by atoms with van der Waals surface area (Å²) in [5.41, 5.74) is 0.146. The fourth-order valence-electron chi connectivity index (χ4n) is 1.57. The number of carbonyl (C=O) groups is 1. The molecule has 0 aliphatic heterocycles. The van der Waals surface area contributed by atoms with Crippen LogP contribution in [0, 0.1) is 5.82 Å². The van der Waals surface area contributed by atoms with E-state index in [1.165, 1.54) is 37.7 Å². The Morgan fingerprint density at radius 3 is 2.95 bits per heavy atom. The zero-order valence-corrected chi connectivity index (χ0v) is 11.3. The topological polar surface area (TPSA) is 64.1 Å². The normalized spacial score (nSPS) is 10.2. The predicted octanol–water partition coefficient (Wildman–Crippen LogP) is 2.46. The first-order valence-electron chi connectivity index (χ1n) is 5.69. The lowest BCUT2D eigenvalue weighted by atomic mass is 10.1. The molecule has 0 atom stereocenters. The molecule has 0 aliphatic carbocycles. The average Bonchev–Trinajstić information content (AvgIpc) is 2.43. The molecular weight excluding hydrogens is 285 g/mol. The van der Waals surface area contributed by atoms with Crippen LogP contribution in [0.25, 0.3) is 0 Å². The molecule has 1 aromatic carbocycles. The molecule has 5 nitrogen and oxygen atoms in total. The Hall–Kier alpha value is -2.21. The van der Waals surface area contributed by atoms with E-state index >= 15 is 0 Å². The van der Waals surface area contributed by atoms with Crippen LogP contribution < -0.4 is 10.1 Å². The van der Waals surface area contributed by atoms with E-state index in [2.05, 4.69) is 15.3 Å². The highest BCUT2D eigenvalue weighted by atomic mass is 35.5. The smallest absolute Gasteiger partial charge is 0.230 e. The summed E-state index contributed by atoms with van der Waals surface area (Å²) < 4.78 is 18.5. The number of nitrogens with zero attached hydrogens (tertiary/aromatic N) is 2. The average molecular weight is 296 g/mol. The highest BCUT2D eigenvalue weighted by Crippen LogP contribution is 2.20. The summed E-state index contributed by atoms with van der Waals surface area (Å²) in [5, 5.41) is 2.73. The largest absolute Gasteiger partial charge is 0.481 e. The number of anilines is 1. The van der Waals surface area contributed by atoms with Crippen molar-refractivity contribution in [1.29, 1.82) is 0 Å². The minimum atomic E-state index is -0.520. The second kappa shape index (κ2) is 6.29. The maximum Gasteiger partial charge on any atom is 0.230 e. The third-order valence-electron chi connectivity index (χ3n) is 2.52. The number of rotatable bonds is 4. The first kappa shape index (κ1) is 14.2. The summed E-state index contributed by atoms with van der Waals surface area (Å²) in [6.07, 6.45) is 1.07. The molecule has 0 aliphatic rings. The summed E-state index contributed by atoms with van der Waals surface area (Å²) in [5.74, 6) is -0.362. The molecule has 0 bridgehead atoms. The predicted molar refractivity (Wildman–Crippen MR) is 72.3 cm³/mol. The molecule has 2 aromatic rings. The molecule has 104 valence electrons. The fraction of sp³-hybridized carbons (Fsp3) is 0.154. The lowest BCUT2D eigenvalue weighted by Gasteiger charge is -2.07. The zero-order valence-electron chi connectivity index (χ0n) is 10.6. The van der Waals surface area contributed by atoms with Gasteiger partial charge >= 0.3 is 0 Å². The molecule has 1 heterocycles. The number of ether oxygens (including phenoxy) is 1. The van der Waals surface area contributed by atoms with E-state index in [9.17, 15) is 9.18 Å². The quantitative estimate of drug-likeness (QED) is 0.941. The van der Waals surface area contributed by atoms with Crippen molar-refractivity contribution in [2.24, 2.45) is 0 Å². The van der Waals surface area contributed by atoms with Crippen molar-refractivity contribution in [2.75, 3.05) is 12.4 Å². The number of hydrogen-bond donors (Lipinski definition) is 1. The summed E-state index contributed by atoms with van der Waals surface area (Å²) in [7, 11) is 1.45. The van der Waals surface area contributed by atoms with Crippen LogP contribution in [0.2, 0.25) is 5.02 Å². The van der Waals surface area contributed by atoms with Gasteiger partial charge in [-0.15, -0.1) is 0 Å². The number of amides is 1. The number of hydrogen-bond acceptors (Lipinski definition) is 4. The van der Waals surface area contributed by atoms with E-state index in [4.69, 9.17) is 16.3 Å². The van der Waals surface area contributed by atoms with Gasteiger partial charge in [0.15, 0.2) is 0 Å². The minimum Gasteiger partial charge on any atom is -0.481 e. The lowest BCUT2D eigenvalue weighted by molar-refractivity contribution is -0.115. The molecule has 0 spiro atoms. The summed E-state index contributed by atoms with van der Waals surface area (Å²) in [4.78, 5) is 19.5. The summed E-state index contributed by atoms with van der Waals surface area (Å²) >= 11 is 5.86. The van der Waals surface area contributed by atoms with Gasteiger partial charge < -0.3 is 10.1 Å². The number of halogens is 2. The maximum atomic E-state index is 13.6. The first-order valence-corrected chi connectivity index (χ1v) is 6.06. The third kappa shape index (κ3) is 3.42. The Morgan fingerprint density at radius 2 is 2.25 bits per heavy atom. The minimum absolute atomic E-state index is 0.146. The number of carbonyl (C=O) groups excluding carboxylic acids is 1. The second-order valence-electron chi connectivity index (χ2n) is 3.87. The van der Waals surface area contributed by atoms with Crippen molar-refractivity contribution in [3.8, 4) is 5.88 Å². The van der Waals surface area contributed by atoms with Crippen molar-refractivity contribution >= 4 is 23.3 Å². The number of benzene rings is 1. The Balaban J connectivity index is 2.09. The van der Waals surface area contributed by atoms with E-state index < -0.39 is 11.7 Å². The summed E-state index contributed by atoms with van der Waals surface area (Å²) in [6, 6.07) is 5.72. The SMILES string of the molecule is COc1cc(NC(=O)Cc2c(F)cccc2Cl)ncn1. The highest BCUT2D eigenvalue weighted by molar-refractivity contribution is 6.31. The Morgan fingerprint density at radius 1 is 1.45 bits per heavy atom. The van der Waals surface area contributed by atoms with Crippen LogP contribution in [-0.4, -0.2) is 23.0 Å². The van der Waals surface area contributed by atoms with Gasteiger partial charge in [0.2, 0.25) is 11.8 Å². The molecular formula is C13H11ClFN3O2. The van der Waals surface area contributed by atoms with Gasteiger partial charge in [-0.2, -0.15) is 0 Å². The van der Waals surface area contributed by atoms with Crippen molar-refractivity contribution in [2.45, 2.75) is 6.42 Å². The van der Waals surface area contributed by atoms with Crippen LogP contribution in [0.5, 0.6) is 5.88 Å². The van der Waals surface area contributed by atoms with Gasteiger partial charge in [0.25, 0.3) is 0 Å². The van der Waals surface area contributed by atoms with Gasteiger partial charge in [0.05, 0.1) is 13.5 Å². The van der Waals surface area contributed by atoms with Crippen molar-refractivity contribution < 1.29 is 13.9 Å². The van der Waals surface area contributed by atoms with E-state index in [0.29, 0.717) is 5.88 Å². The van der Waals surface area contributed by atoms with Crippen molar-refractivity contribution in [1.82, 2.24) is 9.97 Å². The van der Waals surface area contributed by atoms with Gasteiger partial charge in [-0.3, -0.25) is 4.79 Å². The van der Waals surface area contributed by atoms with Crippen LogP contribution in [-0.2, 0) is 11.2 Å². The Bertz CT molecular complexity index is 617. The molecule has 7 heteroatoms. The van der Waals surface area contributed by atoms with Gasteiger partial charge in [-0.05, 0) is 12.1 Å². The van der Waals surface area contributed by atoms with E-state index in [-0.39, 0.29) is 22.8 Å². The molecule has 20 heavy (non-hydrogen) atoms. The fourth-order valence-corrected chi connectivity index (χ4v) is 1.80. The van der Waals surface area contributed by atoms with E-state index in [1.54, 1.807) is 0 Å². The van der Waals surface area contributed by atoms with Crippen LogP contribution in [0.3, 0.4) is 0 Å². The van der Waals surface area contributed by atoms with Gasteiger partial charge in [-0.25, -0.2) is 14.4 Å². The number of methoxy groups -OCH3 is 1. The van der Waals surface area contributed by atoms with Gasteiger partial charge in [0.1, 0.15) is 18.0 Å². The Kier molecular flexibility index (Phi) is 4.47. The van der Waals surface area contributed by atoms with Crippen LogP contribution in [0.15, 0.2) is 30.6 Å². The molecule has 1 aromatic heterocycles. The van der Waals surface area contributed by atoms with Gasteiger partial charge in [0, 0.05) is 16.7 Å². The van der Waals surface area contributed by atoms with Crippen LogP contribution >= 0.6 is 11.6 Å². The van der Waals surface area contributed by atoms with Crippen molar-refractivity contribution in [3.05, 3.63) is 47.0 Å². The molecule has 2 rings (SSSR count). The molecule has 1 N–H and O–H groups in total. The Labute approximate surface area is 119 Å². The van der Waals surface area contributed by atoms with Gasteiger partial charge in [-0.1, -0.05) is 17.7 Å². The summed E-state index contributed by atoms with van der Waals surface area (Å²) in [6.45, 7) is 0. The molecule has 1 amide bonds. The monoisotopic (exact) mass is 295 g/mol. The second-order valence-corrected chi connectivity index (χ2v) is 4.28.